The molecule has 0 saturated carbocycles. The number of aromatic nitrogens is 2. The number of hydrogen-bond donors (Lipinski definition) is 2. The summed E-state index contributed by atoms with van der Waals surface area (Å²) in [6.07, 6.45) is 0. The average Bonchev–Trinajstić information content (AvgIpc) is 3.08. The van der Waals surface area contributed by atoms with Crippen molar-refractivity contribution in [3.8, 4) is 0 Å². The lowest BCUT2D eigenvalue weighted by molar-refractivity contribution is -0.117. The molecule has 8 nitrogen and oxygen atoms in total. The van der Waals surface area contributed by atoms with Gasteiger partial charge in [0.25, 0.3) is 0 Å². The van der Waals surface area contributed by atoms with Gasteiger partial charge in [-0.05, 0) is 12.5 Å². The van der Waals surface area contributed by atoms with Crippen LogP contribution >= 0.6 is 34.9 Å². The number of nitrogens with one attached hydrogen (secondary N) is 2. The first-order chi connectivity index (χ1) is 13.0. The molecule has 11 heteroatoms. The number of amidine groups is 1. The number of carbonyl (C=O) groups is 2. The van der Waals surface area contributed by atoms with Gasteiger partial charge in [-0.1, -0.05) is 64.7 Å². The first-order valence-electron chi connectivity index (χ1n) is 7.87. The molecule has 0 unspecified atom stereocenters. The predicted octanol–water partition coefficient (Wildman–Crippen LogP) is 2.52. The van der Waals surface area contributed by atoms with Crippen molar-refractivity contribution in [1.82, 2.24) is 15.5 Å². The van der Waals surface area contributed by atoms with E-state index in [-0.39, 0.29) is 17.6 Å². The summed E-state index contributed by atoms with van der Waals surface area (Å²) in [7, 11) is 0. The van der Waals surface area contributed by atoms with Crippen molar-refractivity contribution in [2.45, 2.75) is 18.2 Å². The van der Waals surface area contributed by atoms with Crippen LogP contribution in [0.5, 0.6) is 0 Å². The number of rotatable bonds is 5. The fourth-order valence-corrected chi connectivity index (χ4v) is 4.38. The van der Waals surface area contributed by atoms with Gasteiger partial charge in [-0.2, -0.15) is 5.10 Å². The van der Waals surface area contributed by atoms with Crippen molar-refractivity contribution in [1.29, 1.82) is 0 Å². The van der Waals surface area contributed by atoms with Crippen LogP contribution in [0.15, 0.2) is 38.8 Å². The molecule has 0 radical (unpaired) electrons. The van der Waals surface area contributed by atoms with Crippen molar-refractivity contribution in [3.05, 3.63) is 35.4 Å². The standard InChI is InChI=1S/C16H16N6O2S3/c1-9-3-5-11(6-4-9)12-7-25-14(20-19-12)18-13(24)8-26-16-22-21-15(27-16)17-10(2)23/h3-6H,7-8H2,1-2H3,(H,17,21,23)(H,18,20,24). The number of amides is 2. The van der Waals surface area contributed by atoms with E-state index in [9.17, 15) is 9.59 Å². The lowest BCUT2D eigenvalue weighted by atomic mass is 10.1. The molecule has 1 aromatic carbocycles. The van der Waals surface area contributed by atoms with Crippen molar-refractivity contribution in [3.63, 3.8) is 0 Å². The Morgan fingerprint density at radius 2 is 1.93 bits per heavy atom. The molecule has 2 aromatic rings. The minimum Gasteiger partial charge on any atom is -0.303 e. The average molecular weight is 421 g/mol. The van der Waals surface area contributed by atoms with E-state index in [2.05, 4.69) is 31.0 Å². The number of hydrogen-bond acceptors (Lipinski definition) is 9. The van der Waals surface area contributed by atoms with Crippen LogP contribution in [0.1, 0.15) is 18.1 Å². The molecular formula is C16H16N6O2S3. The van der Waals surface area contributed by atoms with E-state index in [1.54, 1.807) is 0 Å². The molecule has 0 aliphatic carbocycles. The first kappa shape index (κ1) is 19.5. The van der Waals surface area contributed by atoms with Gasteiger partial charge in [0.05, 0.1) is 11.5 Å². The summed E-state index contributed by atoms with van der Waals surface area (Å²) in [4.78, 5) is 23.0. The number of anilines is 1. The van der Waals surface area contributed by atoms with Gasteiger partial charge in [0.1, 0.15) is 0 Å². The van der Waals surface area contributed by atoms with E-state index in [0.717, 1.165) is 11.3 Å². The smallest absolute Gasteiger partial charge is 0.236 e. The second kappa shape index (κ2) is 9.11. The van der Waals surface area contributed by atoms with E-state index in [1.807, 2.05) is 31.2 Å². The van der Waals surface area contributed by atoms with Crippen LogP contribution in [0, 0.1) is 6.92 Å². The lowest BCUT2D eigenvalue weighted by Gasteiger charge is -2.12. The van der Waals surface area contributed by atoms with E-state index in [4.69, 9.17) is 0 Å². The van der Waals surface area contributed by atoms with Gasteiger partial charge in [-0.25, -0.2) is 0 Å². The Kier molecular flexibility index (Phi) is 6.58. The number of aryl methyl sites for hydroxylation is 1. The summed E-state index contributed by atoms with van der Waals surface area (Å²) in [5.41, 5.74) is 3.10. The molecule has 0 saturated heterocycles. The van der Waals surface area contributed by atoms with Crippen LogP contribution in [0.2, 0.25) is 0 Å². The van der Waals surface area contributed by atoms with E-state index in [0.29, 0.717) is 20.4 Å². The fraction of sp³-hybridized carbons (Fsp3) is 0.250. The van der Waals surface area contributed by atoms with Gasteiger partial charge < -0.3 is 10.6 Å². The van der Waals surface area contributed by atoms with Crippen molar-refractivity contribution >= 4 is 62.7 Å². The third-order valence-electron chi connectivity index (χ3n) is 3.25. The maximum Gasteiger partial charge on any atom is 0.236 e. The molecule has 0 atom stereocenters. The third kappa shape index (κ3) is 5.88. The summed E-state index contributed by atoms with van der Waals surface area (Å²) in [6, 6.07) is 8.10. The zero-order chi connectivity index (χ0) is 19.2. The van der Waals surface area contributed by atoms with Gasteiger partial charge in [0.2, 0.25) is 16.9 Å². The van der Waals surface area contributed by atoms with Crippen LogP contribution in [-0.2, 0) is 9.59 Å². The fourth-order valence-electron chi connectivity index (χ4n) is 2.00. The highest BCUT2D eigenvalue weighted by Crippen LogP contribution is 2.25. The Morgan fingerprint density at radius 3 is 2.59 bits per heavy atom. The van der Waals surface area contributed by atoms with Crippen LogP contribution in [0.4, 0.5) is 5.13 Å². The molecule has 2 amide bonds. The maximum absolute atomic E-state index is 12.1. The summed E-state index contributed by atoms with van der Waals surface area (Å²) in [5, 5.41) is 22.2. The van der Waals surface area contributed by atoms with Gasteiger partial charge in [0, 0.05) is 12.7 Å². The second-order valence-electron chi connectivity index (χ2n) is 5.50. The van der Waals surface area contributed by atoms with Crippen molar-refractivity contribution in [2.24, 2.45) is 10.2 Å². The molecule has 3 rings (SSSR count). The molecule has 1 aliphatic rings. The molecule has 27 heavy (non-hydrogen) atoms. The normalized spacial score (nSPS) is 13.6. The Bertz CT molecular complexity index is 907. The monoisotopic (exact) mass is 420 g/mol. The maximum atomic E-state index is 12.1. The summed E-state index contributed by atoms with van der Waals surface area (Å²) < 4.78 is 0.604. The minimum atomic E-state index is -0.210. The van der Waals surface area contributed by atoms with Gasteiger partial charge in [-0.3, -0.25) is 9.59 Å². The van der Waals surface area contributed by atoms with Gasteiger partial charge >= 0.3 is 0 Å². The van der Waals surface area contributed by atoms with Crippen molar-refractivity contribution in [2.75, 3.05) is 16.8 Å². The van der Waals surface area contributed by atoms with Crippen LogP contribution in [-0.4, -0.2) is 44.4 Å². The number of carbonyl (C=O) groups excluding carboxylic acids is 2. The molecule has 140 valence electrons. The van der Waals surface area contributed by atoms with Crippen LogP contribution < -0.4 is 10.6 Å². The third-order valence-corrected chi connectivity index (χ3v) is 6.10. The Balaban J connectivity index is 1.50. The number of thioether (sulfide) groups is 2. The summed E-state index contributed by atoms with van der Waals surface area (Å²) >= 11 is 3.90. The number of nitrogens with zero attached hydrogens (tertiary/aromatic N) is 4. The van der Waals surface area contributed by atoms with E-state index in [1.165, 1.54) is 47.3 Å². The highest BCUT2D eigenvalue weighted by atomic mass is 32.2. The Hall–Kier alpha value is -2.24. The zero-order valence-electron chi connectivity index (χ0n) is 14.6. The zero-order valence-corrected chi connectivity index (χ0v) is 17.0. The van der Waals surface area contributed by atoms with Crippen LogP contribution in [0.25, 0.3) is 0 Å². The Labute approximate surface area is 168 Å². The quantitative estimate of drug-likeness (QED) is 0.568. The highest BCUT2D eigenvalue weighted by Gasteiger charge is 2.15. The molecule has 2 N–H and O–H groups in total. The molecule has 1 aliphatic heterocycles. The van der Waals surface area contributed by atoms with E-state index < -0.39 is 0 Å². The molecule has 0 bridgehead atoms. The van der Waals surface area contributed by atoms with Crippen molar-refractivity contribution < 1.29 is 9.59 Å². The van der Waals surface area contributed by atoms with Gasteiger partial charge in [0.15, 0.2) is 9.51 Å². The topological polar surface area (TPSA) is 109 Å². The van der Waals surface area contributed by atoms with Gasteiger partial charge in [-0.15, -0.1) is 15.3 Å². The first-order valence-corrected chi connectivity index (χ1v) is 10.7. The lowest BCUT2D eigenvalue weighted by Crippen LogP contribution is -2.31. The highest BCUT2D eigenvalue weighted by molar-refractivity contribution is 8.14. The number of benzene rings is 1. The summed E-state index contributed by atoms with van der Waals surface area (Å²) in [5.74, 6) is 0.407. The predicted molar refractivity (Wildman–Crippen MR) is 111 cm³/mol. The molecule has 2 heterocycles. The van der Waals surface area contributed by atoms with E-state index >= 15 is 0 Å². The molecule has 1 aromatic heterocycles. The molecule has 0 spiro atoms. The largest absolute Gasteiger partial charge is 0.303 e. The minimum absolute atomic E-state index is 0.169. The molecule has 0 fully saturated rings. The SMILES string of the molecule is CC(=O)Nc1nnc(SCC(=O)NC2=NN=C(c3ccc(C)cc3)CS2)s1. The summed E-state index contributed by atoms with van der Waals surface area (Å²) in [6.45, 7) is 3.43. The molecular weight excluding hydrogens is 404 g/mol. The van der Waals surface area contributed by atoms with Crippen LogP contribution in [0.3, 0.4) is 0 Å². The second-order valence-corrected chi connectivity index (χ2v) is 8.66. The Morgan fingerprint density at radius 1 is 1.15 bits per heavy atom.